The average Bonchev–Trinajstić information content (AvgIpc) is 2.53. The Bertz CT molecular complexity index is 393. The van der Waals surface area contributed by atoms with Gasteiger partial charge in [-0.3, -0.25) is 0 Å². The third-order valence-electron chi connectivity index (χ3n) is 4.58. The van der Waals surface area contributed by atoms with Crippen LogP contribution in [0.1, 0.15) is 37.4 Å². The van der Waals surface area contributed by atoms with Crippen LogP contribution in [0.3, 0.4) is 0 Å². The molecule has 0 spiro atoms. The second kappa shape index (κ2) is 8.52. The Morgan fingerprint density at radius 3 is 2.19 bits per heavy atom. The molecule has 0 aliphatic carbocycles. The highest BCUT2D eigenvalue weighted by Crippen LogP contribution is 2.18. The van der Waals surface area contributed by atoms with Gasteiger partial charge >= 0.3 is 0 Å². The Labute approximate surface area is 130 Å². The molecule has 1 aromatic rings. The van der Waals surface area contributed by atoms with E-state index in [0.717, 1.165) is 6.54 Å². The quantitative estimate of drug-likeness (QED) is 0.832. The summed E-state index contributed by atoms with van der Waals surface area (Å²) < 4.78 is 0. The summed E-state index contributed by atoms with van der Waals surface area (Å²) in [6.07, 6.45) is 1.20. The minimum Gasteiger partial charge on any atom is -0.310 e. The molecule has 1 aliphatic rings. The van der Waals surface area contributed by atoms with Crippen LogP contribution in [0.5, 0.6) is 0 Å². The second-order valence-electron chi connectivity index (χ2n) is 6.09. The van der Waals surface area contributed by atoms with Gasteiger partial charge in [0.2, 0.25) is 0 Å². The van der Waals surface area contributed by atoms with Gasteiger partial charge in [0.25, 0.3) is 0 Å². The van der Waals surface area contributed by atoms with E-state index in [9.17, 15) is 0 Å². The van der Waals surface area contributed by atoms with Crippen molar-refractivity contribution in [2.45, 2.75) is 33.2 Å². The van der Waals surface area contributed by atoms with Crippen molar-refractivity contribution in [1.82, 2.24) is 15.1 Å². The molecule has 1 heterocycles. The third kappa shape index (κ3) is 5.10. The highest BCUT2D eigenvalue weighted by Gasteiger charge is 2.17. The van der Waals surface area contributed by atoms with Gasteiger partial charge in [-0.1, -0.05) is 43.7 Å². The molecule has 1 saturated heterocycles. The lowest BCUT2D eigenvalue weighted by molar-refractivity contribution is 0.133. The van der Waals surface area contributed by atoms with E-state index < -0.39 is 0 Å². The molecule has 1 aliphatic heterocycles. The smallest absolute Gasteiger partial charge is 0.0332 e. The van der Waals surface area contributed by atoms with Gasteiger partial charge in [-0.15, -0.1) is 0 Å². The van der Waals surface area contributed by atoms with Gasteiger partial charge in [-0.2, -0.15) is 0 Å². The first-order valence-corrected chi connectivity index (χ1v) is 8.47. The molecule has 3 nitrogen and oxygen atoms in total. The summed E-state index contributed by atoms with van der Waals surface area (Å²) in [5.41, 5.74) is 2.76. The molecule has 1 aromatic carbocycles. The van der Waals surface area contributed by atoms with E-state index >= 15 is 0 Å². The summed E-state index contributed by atoms with van der Waals surface area (Å²) in [4.78, 5) is 5.16. The molecular weight excluding hydrogens is 258 g/mol. The number of nitrogens with zero attached hydrogens (tertiary/aromatic N) is 2. The number of rotatable bonds is 7. The van der Waals surface area contributed by atoms with Crippen LogP contribution in [-0.2, 0) is 0 Å². The van der Waals surface area contributed by atoms with E-state index in [4.69, 9.17) is 0 Å². The monoisotopic (exact) mass is 289 g/mol. The lowest BCUT2D eigenvalue weighted by Crippen LogP contribution is -2.46. The molecule has 1 N–H and O–H groups in total. The van der Waals surface area contributed by atoms with Crippen LogP contribution in [0.4, 0.5) is 0 Å². The minimum atomic E-state index is 0.486. The highest BCUT2D eigenvalue weighted by atomic mass is 15.3. The maximum atomic E-state index is 3.64. The number of hydrogen-bond acceptors (Lipinski definition) is 3. The van der Waals surface area contributed by atoms with Gasteiger partial charge < -0.3 is 15.1 Å². The van der Waals surface area contributed by atoms with Crippen LogP contribution in [0.25, 0.3) is 0 Å². The maximum absolute atomic E-state index is 3.64. The van der Waals surface area contributed by atoms with Crippen LogP contribution >= 0.6 is 0 Å². The van der Waals surface area contributed by atoms with Gasteiger partial charge in [-0.05, 0) is 32.0 Å². The first-order chi connectivity index (χ1) is 10.2. The van der Waals surface area contributed by atoms with Crippen molar-refractivity contribution in [2.75, 3.05) is 45.8 Å². The fourth-order valence-corrected chi connectivity index (χ4v) is 3.07. The number of hydrogen-bond donors (Lipinski definition) is 1. The maximum Gasteiger partial charge on any atom is 0.0332 e. The molecule has 2 rings (SSSR count). The van der Waals surface area contributed by atoms with Crippen LogP contribution in [0.15, 0.2) is 24.3 Å². The summed E-state index contributed by atoms with van der Waals surface area (Å²) >= 11 is 0. The number of piperazine rings is 1. The summed E-state index contributed by atoms with van der Waals surface area (Å²) in [6.45, 7) is 14.9. The molecule has 21 heavy (non-hydrogen) atoms. The molecule has 0 radical (unpaired) electrons. The summed E-state index contributed by atoms with van der Waals surface area (Å²) in [5.74, 6) is 0. The zero-order valence-electron chi connectivity index (χ0n) is 13.9. The van der Waals surface area contributed by atoms with E-state index in [2.05, 4.69) is 60.2 Å². The topological polar surface area (TPSA) is 18.5 Å². The average molecular weight is 289 g/mol. The van der Waals surface area contributed by atoms with Crippen LogP contribution in [0.2, 0.25) is 0 Å². The zero-order valence-corrected chi connectivity index (χ0v) is 13.9. The lowest BCUT2D eigenvalue weighted by atomic mass is 10.0. The fraction of sp³-hybridized carbons (Fsp3) is 0.667. The van der Waals surface area contributed by atoms with Crippen LogP contribution in [0, 0.1) is 6.92 Å². The molecule has 1 fully saturated rings. The second-order valence-corrected chi connectivity index (χ2v) is 6.09. The Balaban J connectivity index is 1.84. The molecular formula is C18H31N3. The first-order valence-electron chi connectivity index (χ1n) is 8.47. The molecule has 0 saturated carbocycles. The Morgan fingerprint density at radius 1 is 1.00 bits per heavy atom. The molecule has 118 valence electrons. The largest absolute Gasteiger partial charge is 0.310 e. The van der Waals surface area contributed by atoms with Crippen molar-refractivity contribution >= 4 is 0 Å². The molecule has 1 atom stereocenters. The highest BCUT2D eigenvalue weighted by molar-refractivity contribution is 5.24. The van der Waals surface area contributed by atoms with Gasteiger partial charge in [0.15, 0.2) is 0 Å². The molecule has 0 amide bonds. The van der Waals surface area contributed by atoms with E-state index in [1.165, 1.54) is 56.8 Å². The summed E-state index contributed by atoms with van der Waals surface area (Å²) in [5, 5.41) is 3.64. The SMILES string of the molecule is CCNC(CCN1CCN(CC)CC1)c1ccc(C)cc1. The van der Waals surface area contributed by atoms with E-state index in [1.54, 1.807) is 0 Å². The zero-order chi connectivity index (χ0) is 15.1. The van der Waals surface area contributed by atoms with Crippen molar-refractivity contribution in [2.24, 2.45) is 0 Å². The lowest BCUT2D eigenvalue weighted by Gasteiger charge is -2.34. The van der Waals surface area contributed by atoms with E-state index in [0.29, 0.717) is 6.04 Å². The molecule has 0 aromatic heterocycles. The Hall–Kier alpha value is -0.900. The molecule has 0 bridgehead atoms. The van der Waals surface area contributed by atoms with Gasteiger partial charge in [-0.25, -0.2) is 0 Å². The van der Waals surface area contributed by atoms with E-state index in [1.807, 2.05) is 0 Å². The van der Waals surface area contributed by atoms with Crippen molar-refractivity contribution < 1.29 is 0 Å². The normalized spacial score (nSPS) is 18.8. The summed E-state index contributed by atoms with van der Waals surface area (Å²) in [7, 11) is 0. The number of benzene rings is 1. The van der Waals surface area contributed by atoms with Crippen molar-refractivity contribution in [3.63, 3.8) is 0 Å². The van der Waals surface area contributed by atoms with Crippen molar-refractivity contribution in [3.05, 3.63) is 35.4 Å². The van der Waals surface area contributed by atoms with Gasteiger partial charge in [0.05, 0.1) is 0 Å². The number of aryl methyl sites for hydroxylation is 1. The first kappa shape index (κ1) is 16.5. The van der Waals surface area contributed by atoms with Gasteiger partial charge in [0, 0.05) is 38.8 Å². The van der Waals surface area contributed by atoms with Crippen LogP contribution in [-0.4, -0.2) is 55.6 Å². The fourth-order valence-electron chi connectivity index (χ4n) is 3.07. The Morgan fingerprint density at radius 2 is 1.62 bits per heavy atom. The predicted molar refractivity (Wildman–Crippen MR) is 90.8 cm³/mol. The third-order valence-corrected chi connectivity index (χ3v) is 4.58. The van der Waals surface area contributed by atoms with E-state index in [-0.39, 0.29) is 0 Å². The molecule has 3 heteroatoms. The summed E-state index contributed by atoms with van der Waals surface area (Å²) in [6, 6.07) is 9.48. The minimum absolute atomic E-state index is 0.486. The van der Waals surface area contributed by atoms with Crippen molar-refractivity contribution in [3.8, 4) is 0 Å². The van der Waals surface area contributed by atoms with Crippen molar-refractivity contribution in [1.29, 1.82) is 0 Å². The standard InChI is InChI=1S/C18H31N3/c1-4-19-18(17-8-6-16(3)7-9-17)10-11-21-14-12-20(5-2)13-15-21/h6-9,18-19H,4-5,10-15H2,1-3H3. The number of likely N-dealkylation sites (N-methyl/N-ethyl adjacent to an activating group) is 1. The van der Waals surface area contributed by atoms with Crippen LogP contribution < -0.4 is 5.32 Å². The Kier molecular flexibility index (Phi) is 6.68. The molecule has 1 unspecified atom stereocenters. The van der Waals surface area contributed by atoms with Gasteiger partial charge in [0.1, 0.15) is 0 Å². The number of nitrogens with one attached hydrogen (secondary N) is 1. The predicted octanol–water partition coefficient (Wildman–Crippen LogP) is 2.67.